The number of aromatic nitrogens is 1. The van der Waals surface area contributed by atoms with Gasteiger partial charge in [0.15, 0.2) is 0 Å². The Kier molecular flexibility index (Phi) is 9.46. The molecule has 262 valence electrons. The van der Waals surface area contributed by atoms with Gasteiger partial charge in [-0.05, 0) is 83.9 Å². The van der Waals surface area contributed by atoms with Crippen molar-refractivity contribution in [2.45, 2.75) is 51.2 Å². The maximum atomic E-state index is 13.6. The van der Waals surface area contributed by atoms with Crippen LogP contribution in [0.25, 0.3) is 22.6 Å². The van der Waals surface area contributed by atoms with E-state index in [1.54, 1.807) is 0 Å². The van der Waals surface area contributed by atoms with Crippen molar-refractivity contribution >= 4 is 79.8 Å². The molecule has 1 aromatic heterocycles. The molecule has 0 spiro atoms. The molecule has 52 heavy (non-hydrogen) atoms. The van der Waals surface area contributed by atoms with Crippen molar-refractivity contribution in [1.29, 1.82) is 0 Å². The zero-order chi connectivity index (χ0) is 35.9. The van der Waals surface area contributed by atoms with E-state index >= 15 is 0 Å². The molecule has 7 nitrogen and oxygen atoms in total. The van der Waals surface area contributed by atoms with Crippen LogP contribution in [0, 0.1) is 5.92 Å². The van der Waals surface area contributed by atoms with Crippen LogP contribution in [0.2, 0.25) is 0 Å². The van der Waals surface area contributed by atoms with Crippen LogP contribution in [-0.4, -0.2) is 49.4 Å². The highest BCUT2D eigenvalue weighted by molar-refractivity contribution is 8.30. The van der Waals surface area contributed by atoms with Crippen LogP contribution < -0.4 is 19.7 Å². The van der Waals surface area contributed by atoms with Gasteiger partial charge < -0.3 is 10.0 Å². The Morgan fingerprint density at radius 3 is 2.29 bits per heavy atom. The third-order valence-corrected chi connectivity index (χ3v) is 13.1. The lowest BCUT2D eigenvalue weighted by Crippen LogP contribution is -2.36. The number of carbonyl (C=O) groups is 2. The normalized spacial score (nSPS) is 22.3. The number of carboxylic acid groups (broad SMARTS) is 1. The van der Waals surface area contributed by atoms with Gasteiger partial charge in [-0.3, -0.25) is 23.9 Å². The number of amides is 1. The van der Waals surface area contributed by atoms with E-state index < -0.39 is 18.1 Å². The topological polar surface area (TPSA) is 82.9 Å². The molecule has 1 saturated carbocycles. The van der Waals surface area contributed by atoms with Crippen molar-refractivity contribution in [2.24, 2.45) is 5.92 Å². The van der Waals surface area contributed by atoms with E-state index in [4.69, 9.17) is 12.2 Å². The summed E-state index contributed by atoms with van der Waals surface area (Å²) in [6.45, 7) is 1.72. The van der Waals surface area contributed by atoms with Gasteiger partial charge in [-0.1, -0.05) is 115 Å². The number of nitrogens with zero attached hydrogens (tertiary/aromatic N) is 3. The monoisotopic (exact) mass is 743 g/mol. The quantitative estimate of drug-likeness (QED) is 0.160. The van der Waals surface area contributed by atoms with E-state index in [2.05, 4.69) is 95.9 Å². The first-order valence-corrected chi connectivity index (χ1v) is 19.7. The molecule has 10 heteroatoms. The van der Waals surface area contributed by atoms with Gasteiger partial charge in [-0.15, -0.1) is 11.3 Å². The Balaban J connectivity index is 1.11. The number of hydrogen-bond acceptors (Lipinski definition) is 7. The van der Waals surface area contributed by atoms with Crippen molar-refractivity contribution in [3.63, 3.8) is 0 Å². The number of fused-ring (bicyclic) bond motifs is 3. The van der Waals surface area contributed by atoms with Crippen LogP contribution in [0.3, 0.4) is 0 Å². The number of thiazole rings is 1. The van der Waals surface area contributed by atoms with Crippen molar-refractivity contribution in [1.82, 2.24) is 9.47 Å². The molecule has 0 bridgehead atoms. The third-order valence-electron chi connectivity index (χ3n) is 10.4. The summed E-state index contributed by atoms with van der Waals surface area (Å²) in [6, 6.07) is 30.6. The van der Waals surface area contributed by atoms with Crippen LogP contribution in [0.4, 0.5) is 5.69 Å². The van der Waals surface area contributed by atoms with Crippen LogP contribution in [0.1, 0.15) is 49.3 Å². The number of carbonyl (C=O) groups excluding carboxylic acids is 1. The maximum absolute atomic E-state index is 13.6. The Bertz CT molecular complexity index is 2320. The van der Waals surface area contributed by atoms with E-state index in [0.717, 1.165) is 53.5 Å². The lowest BCUT2D eigenvalue weighted by Gasteiger charge is -2.32. The molecular formula is C42H37N3O4S3. The lowest BCUT2D eigenvalue weighted by molar-refractivity contribution is -0.137. The van der Waals surface area contributed by atoms with Gasteiger partial charge in [0.25, 0.3) is 11.5 Å². The van der Waals surface area contributed by atoms with Crippen LogP contribution in [0.5, 0.6) is 0 Å². The summed E-state index contributed by atoms with van der Waals surface area (Å²) in [4.78, 5) is 43.0. The number of carboxylic acids is 1. The summed E-state index contributed by atoms with van der Waals surface area (Å²) in [5, 5.41) is 9.63. The van der Waals surface area contributed by atoms with Gasteiger partial charge in [0, 0.05) is 24.2 Å². The molecule has 3 fully saturated rings. The summed E-state index contributed by atoms with van der Waals surface area (Å²) in [6.07, 6.45) is 12.8. The van der Waals surface area contributed by atoms with E-state index in [0.29, 0.717) is 36.9 Å². The average Bonchev–Trinajstić information content (AvgIpc) is 3.90. The van der Waals surface area contributed by atoms with Crippen molar-refractivity contribution < 1.29 is 14.7 Å². The molecule has 3 heterocycles. The minimum Gasteiger partial charge on any atom is -0.480 e. The number of thioether (sulfide) groups is 1. The van der Waals surface area contributed by atoms with Gasteiger partial charge >= 0.3 is 5.97 Å². The first-order chi connectivity index (χ1) is 25.3. The average molecular weight is 744 g/mol. The van der Waals surface area contributed by atoms with Crippen LogP contribution in [0.15, 0.2) is 113 Å². The summed E-state index contributed by atoms with van der Waals surface area (Å²) in [5.74, 6) is -0.992. The molecule has 2 aliphatic carbocycles. The smallest absolute Gasteiger partial charge is 0.323 e. The molecule has 3 unspecified atom stereocenters. The first kappa shape index (κ1) is 34.3. The highest BCUT2D eigenvalue weighted by atomic mass is 32.2. The van der Waals surface area contributed by atoms with Gasteiger partial charge in [-0.25, -0.2) is 0 Å². The van der Waals surface area contributed by atoms with E-state index in [1.165, 1.54) is 43.8 Å². The highest BCUT2D eigenvalue weighted by Crippen LogP contribution is 2.49. The Morgan fingerprint density at radius 2 is 1.65 bits per heavy atom. The molecule has 2 aliphatic heterocycles. The second-order valence-corrected chi connectivity index (χ2v) is 16.1. The highest BCUT2D eigenvalue weighted by Gasteiger charge is 2.47. The van der Waals surface area contributed by atoms with Crippen molar-refractivity contribution in [3.8, 4) is 0 Å². The SMILES string of the molecule is CCN1C(=O)/C(=c2/s/c(=C/C3=CCC4C(=C3)C3CCCC3N4c3ccc(C=C(c4ccccc4)c4ccccc4)cc3)c(=O)n2CC(=O)O)SC1=S. The number of allylic oxidation sites excluding steroid dienone is 2. The second-order valence-electron chi connectivity index (χ2n) is 13.4. The van der Waals surface area contributed by atoms with Crippen molar-refractivity contribution in [2.75, 3.05) is 11.4 Å². The predicted octanol–water partition coefficient (Wildman–Crippen LogP) is 6.67. The largest absolute Gasteiger partial charge is 0.480 e. The molecule has 3 aromatic carbocycles. The van der Waals surface area contributed by atoms with Gasteiger partial charge in [0.1, 0.15) is 20.4 Å². The van der Waals surface area contributed by atoms with Crippen LogP contribution in [-0.2, 0) is 16.1 Å². The Hall–Kier alpha value is -4.77. The molecule has 3 atom stereocenters. The minimum absolute atomic E-state index is 0.240. The van der Waals surface area contributed by atoms with E-state index in [1.807, 2.05) is 25.1 Å². The summed E-state index contributed by atoms with van der Waals surface area (Å²) in [7, 11) is 0. The number of rotatable bonds is 8. The Labute approximate surface area is 315 Å². The molecule has 1 N–H and O–H groups in total. The summed E-state index contributed by atoms with van der Waals surface area (Å²) >= 11 is 7.68. The molecule has 2 saturated heterocycles. The number of benzene rings is 3. The molecule has 8 rings (SSSR count). The molecular weight excluding hydrogens is 707 g/mol. The molecule has 1 amide bonds. The fourth-order valence-corrected chi connectivity index (χ4v) is 10.8. The maximum Gasteiger partial charge on any atom is 0.323 e. The first-order valence-electron chi connectivity index (χ1n) is 17.6. The van der Waals surface area contributed by atoms with Gasteiger partial charge in [0.2, 0.25) is 0 Å². The van der Waals surface area contributed by atoms with Crippen molar-refractivity contribution in [3.05, 3.63) is 144 Å². The minimum atomic E-state index is -1.14. The number of hydrogen-bond donors (Lipinski definition) is 1. The van der Waals surface area contributed by atoms with E-state index in [-0.39, 0.29) is 11.9 Å². The molecule has 4 aliphatic rings. The third kappa shape index (κ3) is 6.33. The zero-order valence-corrected chi connectivity index (χ0v) is 31.1. The fraction of sp³-hybridized carbons (Fsp3) is 0.238. The van der Waals surface area contributed by atoms with Crippen LogP contribution >= 0.6 is 35.3 Å². The standard InChI is InChI=1S/C42H37N3O4S3/c1-2-43-40(49)38(52-42(43)50)41-44(25-37(46)47)39(48)36(51-41)24-27-18-21-35-33(23-27)31-14-9-15-34(31)45(35)30-19-16-26(17-20-30)22-32(28-10-5-3-6-11-28)29-12-7-4-8-13-29/h3-8,10-13,16-20,22-24,31,34-35H,2,9,14-15,21,25H2,1H3,(H,46,47)/b36-24+,41-38-. The Morgan fingerprint density at radius 1 is 0.962 bits per heavy atom. The number of aliphatic carboxylic acids is 1. The fourth-order valence-electron chi connectivity index (χ4n) is 8.12. The lowest BCUT2D eigenvalue weighted by atomic mass is 9.88. The second kappa shape index (κ2) is 14.3. The van der Waals surface area contributed by atoms with Gasteiger partial charge in [-0.2, -0.15) is 0 Å². The summed E-state index contributed by atoms with van der Waals surface area (Å²) < 4.78 is 2.36. The predicted molar refractivity (Wildman–Crippen MR) is 215 cm³/mol. The van der Waals surface area contributed by atoms with E-state index in [9.17, 15) is 19.5 Å². The zero-order valence-electron chi connectivity index (χ0n) is 28.6. The number of thiocarbonyl (C=S) groups is 1. The molecule has 0 radical (unpaired) electrons. The number of anilines is 1. The van der Waals surface area contributed by atoms with Gasteiger partial charge in [0.05, 0.1) is 10.6 Å². The molecule has 4 aromatic rings. The summed E-state index contributed by atoms with van der Waals surface area (Å²) in [5.41, 5.74) is 7.85.